The van der Waals surface area contributed by atoms with Crippen LogP contribution in [0.5, 0.6) is 5.88 Å². The molecular weight excluding hydrogens is 344 g/mol. The van der Waals surface area contributed by atoms with Gasteiger partial charge in [0.1, 0.15) is 12.7 Å². The Kier molecular flexibility index (Phi) is 5.44. The summed E-state index contributed by atoms with van der Waals surface area (Å²) in [6.07, 6.45) is 3.13. The molecule has 1 amide bonds. The fraction of sp³-hybridized carbons (Fsp3) is 0.316. The van der Waals surface area contributed by atoms with Crippen molar-refractivity contribution in [3.05, 3.63) is 54.0 Å². The van der Waals surface area contributed by atoms with Crippen molar-refractivity contribution >= 4 is 5.91 Å². The van der Waals surface area contributed by atoms with Crippen molar-refractivity contribution in [2.24, 2.45) is 0 Å². The number of carbonyl (C=O) groups excluding carboxylic acids is 1. The third-order valence-electron chi connectivity index (χ3n) is 4.36. The van der Waals surface area contributed by atoms with E-state index in [1.54, 1.807) is 31.5 Å². The minimum absolute atomic E-state index is 0.101. The highest BCUT2D eigenvalue weighted by Crippen LogP contribution is 2.30. The third-order valence-corrected chi connectivity index (χ3v) is 4.36. The normalized spacial score (nSPS) is 10.7. The Balaban J connectivity index is 1.88. The van der Waals surface area contributed by atoms with E-state index in [1.807, 2.05) is 36.6 Å². The number of nitrogens with zero attached hydrogens (tertiary/aromatic N) is 6. The van der Waals surface area contributed by atoms with Crippen LogP contribution in [0.4, 0.5) is 0 Å². The molecule has 0 unspecified atom stereocenters. The largest absolute Gasteiger partial charge is 0.480 e. The highest BCUT2D eigenvalue weighted by molar-refractivity contribution is 5.95. The van der Waals surface area contributed by atoms with Crippen LogP contribution in [0.25, 0.3) is 11.1 Å². The van der Waals surface area contributed by atoms with Gasteiger partial charge in [0.25, 0.3) is 5.91 Å². The molecule has 3 aromatic rings. The number of amides is 1. The summed E-state index contributed by atoms with van der Waals surface area (Å²) in [5.41, 5.74) is 2.97. The van der Waals surface area contributed by atoms with Gasteiger partial charge in [-0.2, -0.15) is 0 Å². The third kappa shape index (κ3) is 3.79. The van der Waals surface area contributed by atoms with Gasteiger partial charge in [0.2, 0.25) is 5.88 Å². The summed E-state index contributed by atoms with van der Waals surface area (Å²) >= 11 is 0. The molecule has 140 valence electrons. The zero-order valence-electron chi connectivity index (χ0n) is 15.9. The molecule has 0 saturated heterocycles. The van der Waals surface area contributed by atoms with Gasteiger partial charge >= 0.3 is 0 Å². The van der Waals surface area contributed by atoms with E-state index in [-0.39, 0.29) is 5.91 Å². The summed E-state index contributed by atoms with van der Waals surface area (Å²) in [4.78, 5) is 22.9. The van der Waals surface area contributed by atoms with Crippen LogP contribution in [-0.4, -0.2) is 49.7 Å². The molecule has 0 saturated carbocycles. The Morgan fingerprint density at radius 1 is 1.30 bits per heavy atom. The SMILES string of the molecule is CCn1cnnc1CN(C)C(=O)c1cccc(-c2c(C)ncnc2OC)c1. The number of carbonyl (C=O) groups is 1. The second-order valence-corrected chi connectivity index (χ2v) is 6.12. The predicted molar refractivity (Wildman–Crippen MR) is 100 cm³/mol. The molecule has 0 fully saturated rings. The summed E-state index contributed by atoms with van der Waals surface area (Å²) in [6, 6.07) is 7.38. The van der Waals surface area contributed by atoms with E-state index in [0.717, 1.165) is 29.2 Å². The van der Waals surface area contributed by atoms with Gasteiger partial charge in [-0.05, 0) is 31.5 Å². The number of hydrogen-bond donors (Lipinski definition) is 0. The number of aromatic nitrogens is 5. The van der Waals surface area contributed by atoms with Crippen molar-refractivity contribution in [1.29, 1.82) is 0 Å². The summed E-state index contributed by atoms with van der Waals surface area (Å²) in [5.74, 6) is 1.13. The Hall–Kier alpha value is -3.29. The van der Waals surface area contributed by atoms with Crippen molar-refractivity contribution in [3.8, 4) is 17.0 Å². The summed E-state index contributed by atoms with van der Waals surface area (Å²) in [7, 11) is 3.32. The van der Waals surface area contributed by atoms with Gasteiger partial charge in [0, 0.05) is 19.2 Å². The fourth-order valence-electron chi connectivity index (χ4n) is 2.92. The van der Waals surface area contributed by atoms with Gasteiger partial charge in [-0.3, -0.25) is 4.79 Å². The molecule has 0 aliphatic carbocycles. The first-order valence-electron chi connectivity index (χ1n) is 8.63. The Bertz CT molecular complexity index is 953. The van der Waals surface area contributed by atoms with Crippen LogP contribution < -0.4 is 4.74 Å². The standard InChI is InChI=1S/C19H22N6O2/c1-5-25-12-22-23-16(25)10-24(3)19(26)15-8-6-7-14(9-15)17-13(2)20-11-21-18(17)27-4/h6-9,11-12H,5,10H2,1-4H3. The quantitative estimate of drug-likeness (QED) is 0.666. The van der Waals surface area contributed by atoms with Gasteiger partial charge in [-0.1, -0.05) is 12.1 Å². The smallest absolute Gasteiger partial charge is 0.254 e. The Morgan fingerprint density at radius 2 is 2.11 bits per heavy atom. The molecule has 1 aromatic carbocycles. The van der Waals surface area contributed by atoms with E-state index in [4.69, 9.17) is 4.74 Å². The minimum Gasteiger partial charge on any atom is -0.480 e. The van der Waals surface area contributed by atoms with E-state index in [1.165, 1.54) is 6.33 Å². The van der Waals surface area contributed by atoms with Gasteiger partial charge in [0.05, 0.1) is 24.9 Å². The number of hydrogen-bond acceptors (Lipinski definition) is 6. The molecule has 8 nitrogen and oxygen atoms in total. The average molecular weight is 366 g/mol. The molecule has 0 radical (unpaired) electrons. The first-order chi connectivity index (χ1) is 13.0. The number of rotatable bonds is 6. The molecule has 2 heterocycles. The lowest BCUT2D eigenvalue weighted by Crippen LogP contribution is -2.27. The van der Waals surface area contributed by atoms with Gasteiger partial charge < -0.3 is 14.2 Å². The summed E-state index contributed by atoms with van der Waals surface area (Å²) < 4.78 is 7.27. The van der Waals surface area contributed by atoms with Crippen LogP contribution in [-0.2, 0) is 13.1 Å². The fourth-order valence-corrected chi connectivity index (χ4v) is 2.92. The number of aryl methyl sites for hydroxylation is 2. The van der Waals surface area contributed by atoms with Crippen molar-refractivity contribution in [2.75, 3.05) is 14.2 Å². The van der Waals surface area contributed by atoms with Crippen LogP contribution >= 0.6 is 0 Å². The van der Waals surface area contributed by atoms with Crippen molar-refractivity contribution < 1.29 is 9.53 Å². The topological polar surface area (TPSA) is 86.0 Å². The molecule has 0 atom stereocenters. The lowest BCUT2D eigenvalue weighted by atomic mass is 10.0. The van der Waals surface area contributed by atoms with Crippen LogP contribution in [0.3, 0.4) is 0 Å². The predicted octanol–water partition coefficient (Wildman–Crippen LogP) is 2.34. The van der Waals surface area contributed by atoms with Crippen molar-refractivity contribution in [1.82, 2.24) is 29.6 Å². The lowest BCUT2D eigenvalue weighted by Gasteiger charge is -2.18. The van der Waals surface area contributed by atoms with Crippen LogP contribution in [0.1, 0.15) is 28.8 Å². The minimum atomic E-state index is -0.101. The van der Waals surface area contributed by atoms with Crippen molar-refractivity contribution in [2.45, 2.75) is 26.9 Å². The van der Waals surface area contributed by atoms with Crippen molar-refractivity contribution in [3.63, 3.8) is 0 Å². The zero-order chi connectivity index (χ0) is 19.4. The highest BCUT2D eigenvalue weighted by atomic mass is 16.5. The van der Waals surface area contributed by atoms with Crippen LogP contribution in [0.15, 0.2) is 36.9 Å². The summed E-state index contributed by atoms with van der Waals surface area (Å²) in [6.45, 7) is 5.04. The molecular formula is C19H22N6O2. The van der Waals surface area contributed by atoms with Gasteiger partial charge in [0.15, 0.2) is 5.82 Å². The highest BCUT2D eigenvalue weighted by Gasteiger charge is 2.17. The molecule has 27 heavy (non-hydrogen) atoms. The second kappa shape index (κ2) is 7.94. The van der Waals surface area contributed by atoms with Crippen LogP contribution in [0, 0.1) is 6.92 Å². The maximum Gasteiger partial charge on any atom is 0.254 e. The number of methoxy groups -OCH3 is 1. The maximum atomic E-state index is 12.9. The first kappa shape index (κ1) is 18.5. The van der Waals surface area contributed by atoms with E-state index >= 15 is 0 Å². The lowest BCUT2D eigenvalue weighted by molar-refractivity contribution is 0.0780. The molecule has 0 spiro atoms. The monoisotopic (exact) mass is 366 g/mol. The molecule has 0 aliphatic heterocycles. The second-order valence-electron chi connectivity index (χ2n) is 6.12. The number of benzene rings is 1. The molecule has 0 bridgehead atoms. The molecule has 2 aromatic heterocycles. The molecule has 0 aliphatic rings. The van der Waals surface area contributed by atoms with E-state index in [2.05, 4.69) is 20.2 Å². The van der Waals surface area contributed by atoms with E-state index < -0.39 is 0 Å². The molecule has 0 N–H and O–H groups in total. The first-order valence-corrected chi connectivity index (χ1v) is 8.63. The zero-order valence-corrected chi connectivity index (χ0v) is 15.9. The van der Waals surface area contributed by atoms with Gasteiger partial charge in [-0.25, -0.2) is 9.97 Å². The maximum absolute atomic E-state index is 12.9. The number of ether oxygens (including phenoxy) is 1. The Labute approximate surface area is 157 Å². The summed E-state index contributed by atoms with van der Waals surface area (Å²) in [5, 5.41) is 8.00. The van der Waals surface area contributed by atoms with E-state index in [9.17, 15) is 4.79 Å². The molecule has 8 heteroatoms. The average Bonchev–Trinajstić information content (AvgIpc) is 3.14. The van der Waals surface area contributed by atoms with Gasteiger partial charge in [-0.15, -0.1) is 10.2 Å². The van der Waals surface area contributed by atoms with Crippen LogP contribution in [0.2, 0.25) is 0 Å². The van der Waals surface area contributed by atoms with E-state index in [0.29, 0.717) is 18.0 Å². The Morgan fingerprint density at radius 3 is 2.85 bits per heavy atom. The molecule has 3 rings (SSSR count).